The molecule has 2 rings (SSSR count). The zero-order valence-electron chi connectivity index (χ0n) is 28.0. The summed E-state index contributed by atoms with van der Waals surface area (Å²) in [4.78, 5) is 26.7. The minimum absolute atomic E-state index is 0.00166. The zero-order chi connectivity index (χ0) is 31.5. The average Bonchev–Trinajstić information content (AvgIpc) is 3.65. The van der Waals surface area contributed by atoms with Crippen LogP contribution in [-0.4, -0.2) is 41.3 Å². The summed E-state index contributed by atoms with van der Waals surface area (Å²) in [6.07, 6.45) is 14.7. The van der Waals surface area contributed by atoms with Crippen LogP contribution in [0.15, 0.2) is 36.0 Å². The summed E-state index contributed by atoms with van der Waals surface area (Å²) >= 11 is 2.15. The smallest absolute Gasteiger partial charge is 0.306 e. The second kappa shape index (κ2) is 17.2. The van der Waals surface area contributed by atoms with Crippen molar-refractivity contribution in [3.63, 3.8) is 0 Å². The number of hydrogen-bond donors (Lipinski definition) is 0. The van der Waals surface area contributed by atoms with E-state index >= 15 is 0 Å². The van der Waals surface area contributed by atoms with E-state index in [1.54, 1.807) is 0 Å². The molecule has 8 atom stereocenters. The van der Waals surface area contributed by atoms with Crippen LogP contribution < -0.4 is 0 Å². The fourth-order valence-corrected chi connectivity index (χ4v) is 5.59. The zero-order valence-corrected chi connectivity index (χ0v) is 30.1. The number of alkyl halides is 1. The molecule has 41 heavy (non-hydrogen) atoms. The quantitative estimate of drug-likeness (QED) is 0.0604. The summed E-state index contributed by atoms with van der Waals surface area (Å²) in [6.45, 7) is 23.2. The van der Waals surface area contributed by atoms with Gasteiger partial charge in [0.15, 0.2) is 0 Å². The van der Waals surface area contributed by atoms with Gasteiger partial charge in [-0.2, -0.15) is 0 Å². The topological polar surface area (TPSA) is 65.1 Å². The summed E-state index contributed by atoms with van der Waals surface area (Å²) in [6, 6.07) is 0. The van der Waals surface area contributed by atoms with Crippen LogP contribution in [0.5, 0.6) is 0 Å². The molecule has 0 saturated carbocycles. The second-order valence-electron chi connectivity index (χ2n) is 13.9. The van der Waals surface area contributed by atoms with Gasteiger partial charge in [0, 0.05) is 24.7 Å². The summed E-state index contributed by atoms with van der Waals surface area (Å²) in [5.74, 6) is 0.934. The highest BCUT2D eigenvalue weighted by atomic mass is 127. The predicted octanol–water partition coefficient (Wildman–Crippen LogP) is 9.29. The van der Waals surface area contributed by atoms with Gasteiger partial charge in [-0.15, -0.1) is 0 Å². The Balaban J connectivity index is 0.00000411. The standard InChI is InChI=1S/C34H56O5.CH3I/c1-12-23(3)26(6)32-28(38-32)21-33(8,9)18-13-14-24(4)31-25(5)15-16-29(37-27(7)35)34(10,11)19-17-22(2)20-30(36)39-31;1-2/h13-16,18,22-23,25-26,28-29,31-32H,12,17,19-21H2,1-11H3;1H3/b16-15+,18-13+,24-14+;. The maximum atomic E-state index is 12.9. The number of carbonyl (C=O) groups is 2. The van der Waals surface area contributed by atoms with Gasteiger partial charge in [-0.1, -0.05) is 116 Å². The number of allylic oxidation sites excluding steroid dienone is 3. The molecule has 1 fully saturated rings. The van der Waals surface area contributed by atoms with E-state index in [0.717, 1.165) is 24.8 Å². The lowest BCUT2D eigenvalue weighted by Gasteiger charge is -2.34. The fourth-order valence-electron chi connectivity index (χ4n) is 5.59. The van der Waals surface area contributed by atoms with Gasteiger partial charge in [0.1, 0.15) is 12.2 Å². The molecule has 0 bridgehead atoms. The number of hydrogen-bond acceptors (Lipinski definition) is 5. The molecular formula is C35H59IO5. The van der Waals surface area contributed by atoms with Crippen molar-refractivity contribution in [3.8, 4) is 0 Å². The molecule has 1 saturated heterocycles. The van der Waals surface area contributed by atoms with Crippen LogP contribution in [0, 0.1) is 34.5 Å². The predicted molar refractivity (Wildman–Crippen MR) is 179 cm³/mol. The molecule has 8 unspecified atom stereocenters. The minimum atomic E-state index is -0.387. The Morgan fingerprint density at radius 3 is 2.41 bits per heavy atom. The molecule has 2 heterocycles. The Bertz CT molecular complexity index is 918. The SMILES string of the molecule is CCC(C)C(C)C1OC1CC(C)(C)/C=C/C=C(\C)C1OC(=O)CC(C)CCC(C)(C)C(OC(C)=O)/C=C/C1C.CI. The van der Waals surface area contributed by atoms with E-state index in [9.17, 15) is 9.59 Å². The van der Waals surface area contributed by atoms with Crippen molar-refractivity contribution in [2.24, 2.45) is 34.5 Å². The Morgan fingerprint density at radius 2 is 1.83 bits per heavy atom. The van der Waals surface area contributed by atoms with Crippen LogP contribution in [0.3, 0.4) is 0 Å². The van der Waals surface area contributed by atoms with Gasteiger partial charge >= 0.3 is 11.9 Å². The van der Waals surface area contributed by atoms with Crippen molar-refractivity contribution in [1.29, 1.82) is 0 Å². The molecule has 2 aliphatic rings. The van der Waals surface area contributed by atoms with Crippen molar-refractivity contribution in [2.45, 2.75) is 133 Å². The van der Waals surface area contributed by atoms with E-state index in [4.69, 9.17) is 14.2 Å². The summed E-state index contributed by atoms with van der Waals surface area (Å²) < 4.78 is 17.8. The third kappa shape index (κ3) is 12.9. The van der Waals surface area contributed by atoms with Crippen LogP contribution >= 0.6 is 22.6 Å². The fraction of sp³-hybridized carbons (Fsp3) is 0.771. The maximum absolute atomic E-state index is 12.9. The molecule has 2 aliphatic heterocycles. The first-order valence-electron chi connectivity index (χ1n) is 15.5. The number of halogens is 1. The number of rotatable bonds is 9. The molecule has 5 nitrogen and oxygen atoms in total. The highest BCUT2D eigenvalue weighted by Crippen LogP contribution is 2.41. The molecule has 0 aliphatic carbocycles. The van der Waals surface area contributed by atoms with Crippen LogP contribution in [0.1, 0.15) is 108 Å². The largest absolute Gasteiger partial charge is 0.458 e. The average molecular weight is 687 g/mol. The molecule has 236 valence electrons. The molecule has 0 amide bonds. The molecule has 0 aromatic heterocycles. The molecule has 6 heteroatoms. The highest BCUT2D eigenvalue weighted by molar-refractivity contribution is 14.1. The molecule has 0 spiro atoms. The van der Waals surface area contributed by atoms with Gasteiger partial charge in [0.2, 0.25) is 0 Å². The van der Waals surface area contributed by atoms with Crippen LogP contribution in [0.2, 0.25) is 0 Å². The first-order valence-corrected chi connectivity index (χ1v) is 17.7. The lowest BCUT2D eigenvalue weighted by atomic mass is 9.78. The second-order valence-corrected chi connectivity index (χ2v) is 13.9. The number of carbonyl (C=O) groups excluding carboxylic acids is 2. The van der Waals surface area contributed by atoms with Gasteiger partial charge in [-0.05, 0) is 65.9 Å². The normalized spacial score (nSPS) is 31.4. The third-order valence-electron chi connectivity index (χ3n) is 8.95. The Kier molecular flexibility index (Phi) is 15.9. The lowest BCUT2D eigenvalue weighted by Crippen LogP contribution is -2.34. The molecule has 0 N–H and O–H groups in total. The Labute approximate surface area is 265 Å². The minimum Gasteiger partial charge on any atom is -0.458 e. The molecular weight excluding hydrogens is 627 g/mol. The first kappa shape index (κ1) is 37.9. The van der Waals surface area contributed by atoms with Gasteiger partial charge < -0.3 is 14.2 Å². The molecule has 0 aromatic rings. The van der Waals surface area contributed by atoms with E-state index in [2.05, 4.69) is 103 Å². The summed E-state index contributed by atoms with van der Waals surface area (Å²) in [5, 5.41) is 0. The van der Waals surface area contributed by atoms with Gasteiger partial charge in [0.05, 0.1) is 12.2 Å². The molecule has 0 radical (unpaired) electrons. The van der Waals surface area contributed by atoms with Crippen LogP contribution in [-0.2, 0) is 23.8 Å². The Morgan fingerprint density at radius 1 is 1.20 bits per heavy atom. The number of ether oxygens (including phenoxy) is 3. The van der Waals surface area contributed by atoms with E-state index in [0.29, 0.717) is 30.5 Å². The Hall–Kier alpha value is -1.15. The van der Waals surface area contributed by atoms with Gasteiger partial charge in [-0.3, -0.25) is 9.59 Å². The van der Waals surface area contributed by atoms with Crippen LogP contribution in [0.4, 0.5) is 0 Å². The van der Waals surface area contributed by atoms with E-state index < -0.39 is 0 Å². The van der Waals surface area contributed by atoms with Gasteiger partial charge in [0.25, 0.3) is 0 Å². The van der Waals surface area contributed by atoms with Crippen molar-refractivity contribution in [1.82, 2.24) is 0 Å². The third-order valence-corrected chi connectivity index (χ3v) is 8.95. The lowest BCUT2D eigenvalue weighted by molar-refractivity contribution is -0.150. The van der Waals surface area contributed by atoms with E-state index in [1.807, 2.05) is 24.0 Å². The monoisotopic (exact) mass is 686 g/mol. The maximum Gasteiger partial charge on any atom is 0.306 e. The van der Waals surface area contributed by atoms with Gasteiger partial charge in [-0.25, -0.2) is 0 Å². The van der Waals surface area contributed by atoms with E-state index in [1.165, 1.54) is 13.3 Å². The summed E-state index contributed by atoms with van der Waals surface area (Å²) in [5.41, 5.74) is 0.759. The number of epoxide rings is 1. The highest BCUT2D eigenvalue weighted by Gasteiger charge is 2.46. The van der Waals surface area contributed by atoms with Crippen molar-refractivity contribution >= 4 is 34.5 Å². The van der Waals surface area contributed by atoms with Crippen LogP contribution in [0.25, 0.3) is 0 Å². The van der Waals surface area contributed by atoms with Crippen molar-refractivity contribution < 1.29 is 23.8 Å². The van der Waals surface area contributed by atoms with Crippen molar-refractivity contribution in [3.05, 3.63) is 36.0 Å². The first-order chi connectivity index (χ1) is 19.1. The number of cyclic esters (lactones) is 1. The summed E-state index contributed by atoms with van der Waals surface area (Å²) in [7, 11) is 0. The molecule has 0 aromatic carbocycles. The number of esters is 2. The van der Waals surface area contributed by atoms with Crippen molar-refractivity contribution in [2.75, 3.05) is 4.93 Å². The van der Waals surface area contributed by atoms with E-state index in [-0.39, 0.29) is 46.8 Å².